The van der Waals surface area contributed by atoms with Crippen LogP contribution in [-0.4, -0.2) is 23.3 Å². The summed E-state index contributed by atoms with van der Waals surface area (Å²) in [5, 5.41) is 0. The molecule has 1 atom stereocenters. The maximum atomic E-state index is 12.5. The van der Waals surface area contributed by atoms with E-state index in [1.165, 1.54) is 23.9 Å². The Morgan fingerprint density at radius 1 is 1.26 bits per heavy atom. The van der Waals surface area contributed by atoms with Crippen molar-refractivity contribution in [2.24, 2.45) is 5.73 Å². The highest BCUT2D eigenvalue weighted by Gasteiger charge is 2.30. The topological polar surface area (TPSA) is 26.0 Å². The average molecular weight is 309 g/mol. The van der Waals surface area contributed by atoms with E-state index in [1.807, 2.05) is 6.92 Å². The van der Waals surface area contributed by atoms with E-state index in [0.29, 0.717) is 4.90 Å². The van der Waals surface area contributed by atoms with E-state index in [2.05, 4.69) is 0 Å². The standard InChI is InChI=1S/C13H18F3NS2/c1-2-11(17)9-18-6-7-19-12-5-3-4-10(8-12)13(14,15)16/h3-5,8,11H,2,6-7,9,17H2,1H3. The summed E-state index contributed by atoms with van der Waals surface area (Å²) in [6.07, 6.45) is -3.31. The third-order valence-corrected chi connectivity index (χ3v) is 4.92. The van der Waals surface area contributed by atoms with Crippen molar-refractivity contribution in [1.82, 2.24) is 0 Å². The molecule has 0 heterocycles. The molecule has 1 unspecified atom stereocenters. The van der Waals surface area contributed by atoms with Crippen LogP contribution >= 0.6 is 23.5 Å². The second-order valence-corrected chi connectivity index (χ2v) is 6.44. The number of benzene rings is 1. The van der Waals surface area contributed by atoms with Crippen molar-refractivity contribution in [2.45, 2.75) is 30.5 Å². The number of hydrogen-bond acceptors (Lipinski definition) is 3. The van der Waals surface area contributed by atoms with Gasteiger partial charge in [0.1, 0.15) is 0 Å². The van der Waals surface area contributed by atoms with Crippen molar-refractivity contribution in [2.75, 3.05) is 17.3 Å². The van der Waals surface area contributed by atoms with Crippen molar-refractivity contribution < 1.29 is 13.2 Å². The first-order valence-corrected chi connectivity index (χ1v) is 8.21. The molecule has 1 rings (SSSR count). The van der Waals surface area contributed by atoms with Gasteiger partial charge in [0, 0.05) is 28.2 Å². The molecule has 19 heavy (non-hydrogen) atoms. The maximum Gasteiger partial charge on any atom is 0.416 e. The fourth-order valence-electron chi connectivity index (χ4n) is 1.33. The van der Waals surface area contributed by atoms with E-state index in [-0.39, 0.29) is 6.04 Å². The highest BCUT2D eigenvalue weighted by Crippen LogP contribution is 2.31. The largest absolute Gasteiger partial charge is 0.416 e. The molecule has 0 radical (unpaired) electrons. The van der Waals surface area contributed by atoms with Crippen LogP contribution in [0.2, 0.25) is 0 Å². The van der Waals surface area contributed by atoms with E-state index in [0.717, 1.165) is 29.7 Å². The molecule has 0 saturated heterocycles. The van der Waals surface area contributed by atoms with Gasteiger partial charge in [0.25, 0.3) is 0 Å². The molecule has 108 valence electrons. The van der Waals surface area contributed by atoms with Crippen molar-refractivity contribution >= 4 is 23.5 Å². The van der Waals surface area contributed by atoms with E-state index in [9.17, 15) is 13.2 Å². The summed E-state index contributed by atoms with van der Waals surface area (Å²) in [6, 6.07) is 5.67. The Kier molecular flexibility index (Phi) is 7.10. The first-order chi connectivity index (χ1) is 8.93. The zero-order chi connectivity index (χ0) is 14.3. The smallest absolute Gasteiger partial charge is 0.327 e. The molecule has 0 fully saturated rings. The summed E-state index contributed by atoms with van der Waals surface area (Å²) < 4.78 is 37.5. The first-order valence-electron chi connectivity index (χ1n) is 6.07. The second kappa shape index (κ2) is 8.07. The first kappa shape index (κ1) is 16.7. The van der Waals surface area contributed by atoms with Crippen LogP contribution in [-0.2, 0) is 6.18 Å². The highest BCUT2D eigenvalue weighted by molar-refractivity contribution is 8.03. The van der Waals surface area contributed by atoms with Gasteiger partial charge in [0.15, 0.2) is 0 Å². The van der Waals surface area contributed by atoms with Crippen molar-refractivity contribution in [1.29, 1.82) is 0 Å². The van der Waals surface area contributed by atoms with Crippen LogP contribution in [0.1, 0.15) is 18.9 Å². The van der Waals surface area contributed by atoms with Crippen LogP contribution in [0.4, 0.5) is 13.2 Å². The molecule has 0 aliphatic rings. The van der Waals surface area contributed by atoms with Crippen molar-refractivity contribution in [3.63, 3.8) is 0 Å². The Hall–Kier alpha value is -0.330. The maximum absolute atomic E-state index is 12.5. The number of nitrogens with two attached hydrogens (primary N) is 1. The quantitative estimate of drug-likeness (QED) is 0.602. The summed E-state index contributed by atoms with van der Waals surface area (Å²) in [5.74, 6) is 2.59. The number of thioether (sulfide) groups is 2. The minimum atomic E-state index is -4.26. The van der Waals surface area contributed by atoms with Gasteiger partial charge in [-0.15, -0.1) is 11.8 Å². The van der Waals surface area contributed by atoms with Gasteiger partial charge in [0.2, 0.25) is 0 Å². The Bertz CT molecular complexity index is 382. The minimum absolute atomic E-state index is 0.212. The SMILES string of the molecule is CCC(N)CSCCSc1cccc(C(F)(F)F)c1. The van der Waals surface area contributed by atoms with Gasteiger partial charge >= 0.3 is 6.18 Å². The minimum Gasteiger partial charge on any atom is -0.327 e. The lowest BCUT2D eigenvalue weighted by Gasteiger charge is -2.09. The van der Waals surface area contributed by atoms with Gasteiger partial charge in [-0.05, 0) is 24.6 Å². The molecule has 0 aliphatic carbocycles. The Labute approximate surface area is 120 Å². The lowest BCUT2D eigenvalue weighted by molar-refractivity contribution is -0.137. The molecule has 1 nitrogen and oxygen atoms in total. The van der Waals surface area contributed by atoms with Gasteiger partial charge < -0.3 is 5.73 Å². The summed E-state index contributed by atoms with van der Waals surface area (Å²) >= 11 is 3.20. The Balaban J connectivity index is 2.34. The van der Waals surface area contributed by atoms with Gasteiger partial charge in [0.05, 0.1) is 5.56 Å². The van der Waals surface area contributed by atoms with Crippen LogP contribution in [0, 0.1) is 0 Å². The van der Waals surface area contributed by atoms with E-state index < -0.39 is 11.7 Å². The summed E-state index contributed by atoms with van der Waals surface area (Å²) in [5.41, 5.74) is 5.20. The molecular weight excluding hydrogens is 291 g/mol. The number of rotatable bonds is 7. The molecule has 0 saturated carbocycles. The van der Waals surface area contributed by atoms with Crippen LogP contribution in [0.15, 0.2) is 29.2 Å². The van der Waals surface area contributed by atoms with Gasteiger partial charge in [-0.2, -0.15) is 24.9 Å². The number of alkyl halides is 3. The summed E-state index contributed by atoms with van der Waals surface area (Å²) in [7, 11) is 0. The molecule has 6 heteroatoms. The van der Waals surface area contributed by atoms with Gasteiger partial charge in [-0.3, -0.25) is 0 Å². The summed E-state index contributed by atoms with van der Waals surface area (Å²) in [4.78, 5) is 0.662. The molecule has 1 aromatic carbocycles. The van der Waals surface area contributed by atoms with Gasteiger partial charge in [-0.1, -0.05) is 13.0 Å². The normalized spacial score (nSPS) is 13.5. The zero-order valence-corrected chi connectivity index (χ0v) is 12.4. The zero-order valence-electron chi connectivity index (χ0n) is 10.7. The number of hydrogen-bond donors (Lipinski definition) is 1. The van der Waals surface area contributed by atoms with Crippen LogP contribution in [0.3, 0.4) is 0 Å². The Morgan fingerprint density at radius 3 is 2.63 bits per heavy atom. The molecule has 0 spiro atoms. The fourth-order valence-corrected chi connectivity index (χ4v) is 3.46. The lowest BCUT2D eigenvalue weighted by atomic mass is 10.2. The lowest BCUT2D eigenvalue weighted by Crippen LogP contribution is -2.21. The monoisotopic (exact) mass is 309 g/mol. The number of halogens is 3. The third kappa shape index (κ3) is 6.58. The average Bonchev–Trinajstić information content (AvgIpc) is 2.37. The highest BCUT2D eigenvalue weighted by atomic mass is 32.2. The second-order valence-electron chi connectivity index (χ2n) is 4.12. The third-order valence-electron chi connectivity index (χ3n) is 2.51. The van der Waals surface area contributed by atoms with Crippen LogP contribution in [0.5, 0.6) is 0 Å². The summed E-state index contributed by atoms with van der Waals surface area (Å²) in [6.45, 7) is 2.04. The van der Waals surface area contributed by atoms with E-state index >= 15 is 0 Å². The molecule has 0 bridgehead atoms. The van der Waals surface area contributed by atoms with Gasteiger partial charge in [-0.25, -0.2) is 0 Å². The molecule has 1 aromatic rings. The van der Waals surface area contributed by atoms with E-state index in [4.69, 9.17) is 5.73 Å². The van der Waals surface area contributed by atoms with Crippen LogP contribution in [0.25, 0.3) is 0 Å². The Morgan fingerprint density at radius 2 is 2.00 bits per heavy atom. The molecule has 0 aliphatic heterocycles. The van der Waals surface area contributed by atoms with Crippen molar-refractivity contribution in [3.05, 3.63) is 29.8 Å². The van der Waals surface area contributed by atoms with Crippen molar-refractivity contribution in [3.8, 4) is 0 Å². The predicted octanol–water partition coefficient (Wildman–Crippen LogP) is 4.27. The molecule has 2 N–H and O–H groups in total. The fraction of sp³-hybridized carbons (Fsp3) is 0.538. The van der Waals surface area contributed by atoms with Crippen LogP contribution < -0.4 is 5.73 Å². The molecular formula is C13H18F3NS2. The van der Waals surface area contributed by atoms with E-state index in [1.54, 1.807) is 17.8 Å². The molecule has 0 aromatic heterocycles. The molecule has 0 amide bonds. The predicted molar refractivity (Wildman–Crippen MR) is 77.8 cm³/mol.